The minimum atomic E-state index is -0.596. The number of aromatic nitrogens is 2. The smallest absolute Gasteiger partial charge is 0.0755 e. The Kier molecular flexibility index (Phi) is 18.7. The van der Waals surface area contributed by atoms with Gasteiger partial charge in [0.15, 0.2) is 0 Å². The van der Waals surface area contributed by atoms with E-state index in [1.807, 2.05) is 22.7 Å². The molecule has 0 saturated carbocycles. The van der Waals surface area contributed by atoms with E-state index in [0.29, 0.717) is 0 Å². The first-order valence-corrected chi connectivity index (χ1v) is 52.8. The maximum Gasteiger partial charge on any atom is 0.0755 e. The summed E-state index contributed by atoms with van der Waals surface area (Å²) in [7, 11) is 0. The van der Waals surface area contributed by atoms with E-state index in [1.165, 1.54) is 239 Å². The lowest BCUT2D eigenvalue weighted by Crippen LogP contribution is -2.33. The minimum Gasteiger partial charge on any atom is -0.309 e. The fourth-order valence-electron chi connectivity index (χ4n) is 26.5. The molecule has 2 aliphatic carbocycles. The molecule has 2 unspecified atom stereocenters. The summed E-state index contributed by atoms with van der Waals surface area (Å²) in [6.45, 7) is 0. The number of benzene rings is 24. The number of para-hydroxylation sites is 8. The number of rotatable bonds is 12. The van der Waals surface area contributed by atoms with E-state index >= 15 is 0 Å². The van der Waals surface area contributed by atoms with Crippen LogP contribution in [-0.2, 0) is 10.8 Å². The zero-order valence-electron chi connectivity index (χ0n) is 80.4. The van der Waals surface area contributed by atoms with Crippen molar-refractivity contribution >= 4 is 162 Å². The summed E-state index contributed by atoms with van der Waals surface area (Å²) >= 11 is 3.75. The van der Waals surface area contributed by atoms with Gasteiger partial charge < -0.3 is 18.9 Å². The van der Waals surface area contributed by atoms with Gasteiger partial charge in [-0.05, 0) is 230 Å². The summed E-state index contributed by atoms with van der Waals surface area (Å²) in [6.07, 6.45) is 0. The van der Waals surface area contributed by atoms with Crippen LogP contribution in [0.4, 0.5) is 34.1 Å². The molecule has 32 rings (SSSR count). The van der Waals surface area contributed by atoms with Crippen LogP contribution in [0.1, 0.15) is 44.5 Å². The number of hydrogen-bond acceptors (Lipinski definition) is 4. The van der Waals surface area contributed by atoms with Crippen LogP contribution in [0.3, 0.4) is 0 Å². The Morgan fingerprint density at radius 2 is 0.493 bits per heavy atom. The Morgan fingerprint density at radius 1 is 0.176 bits per heavy atom. The molecule has 4 aliphatic rings. The SMILES string of the molecule is c1ccc(-c2cccc3ccccc23)c(-c2ccccc2N(c2ccc(-c3ccc4sc5ccccc5c4c3)cc2)c2cccc3c2-c2ccccc2C32c3ccccc3-n3c4ccccc4c4cccc2c43)c1.c1ccc(-c2cccc3ccccc23)c(-c2ccccc2N(c2ccc(-c3cccc4c3sc3ccccc34)cc2)c2cccc3c2-c2ccccc2C32c3ccccc3-n3c4ccccc4c4cccc2c43)c1. The van der Waals surface area contributed by atoms with Crippen LogP contribution >= 0.6 is 22.7 Å². The minimum absolute atomic E-state index is 0.594. The van der Waals surface area contributed by atoms with E-state index in [0.717, 1.165) is 45.3 Å². The lowest BCUT2D eigenvalue weighted by molar-refractivity contribution is 0.748. The van der Waals surface area contributed by atoms with E-state index in [-0.39, 0.29) is 0 Å². The van der Waals surface area contributed by atoms with Gasteiger partial charge in [0.2, 0.25) is 0 Å². The van der Waals surface area contributed by atoms with Gasteiger partial charge in [0, 0.05) is 95.5 Å². The fourth-order valence-corrected chi connectivity index (χ4v) is 28.8. The molecule has 0 fully saturated rings. The van der Waals surface area contributed by atoms with Crippen LogP contribution in [0, 0.1) is 0 Å². The molecule has 28 aromatic rings. The normalized spacial score (nSPS) is 14.3. The molecule has 2 atom stereocenters. The van der Waals surface area contributed by atoms with E-state index in [4.69, 9.17) is 0 Å². The van der Waals surface area contributed by atoms with Crippen molar-refractivity contribution in [1.29, 1.82) is 0 Å². The Hall–Kier alpha value is -18.6. The second-order valence-electron chi connectivity index (χ2n) is 39.7. The lowest BCUT2D eigenvalue weighted by Gasteiger charge is -2.39. The second-order valence-corrected chi connectivity index (χ2v) is 41.8. The highest BCUT2D eigenvalue weighted by atomic mass is 32.1. The third-order valence-corrected chi connectivity index (χ3v) is 34.8. The topological polar surface area (TPSA) is 16.3 Å². The number of fused-ring (bicyclic) bond motifs is 32. The molecular weight excluding hydrogens is 1830 g/mol. The number of thiophene rings is 2. The van der Waals surface area contributed by atoms with Crippen molar-refractivity contribution in [2.75, 3.05) is 9.80 Å². The average molecular weight is 1910 g/mol. The molecule has 688 valence electrons. The molecule has 2 spiro atoms. The van der Waals surface area contributed by atoms with Gasteiger partial charge in [-0.2, -0.15) is 0 Å². The van der Waals surface area contributed by atoms with Crippen molar-refractivity contribution in [1.82, 2.24) is 9.13 Å². The summed E-state index contributed by atoms with van der Waals surface area (Å²) in [5, 5.41) is 15.3. The summed E-state index contributed by atoms with van der Waals surface area (Å²) in [6, 6.07) is 200. The van der Waals surface area contributed by atoms with Gasteiger partial charge >= 0.3 is 0 Å². The van der Waals surface area contributed by atoms with E-state index < -0.39 is 10.8 Å². The van der Waals surface area contributed by atoms with Gasteiger partial charge in [0.25, 0.3) is 0 Å². The first-order chi connectivity index (χ1) is 73.5. The molecule has 148 heavy (non-hydrogen) atoms. The van der Waals surface area contributed by atoms with Crippen LogP contribution in [0.2, 0.25) is 0 Å². The Morgan fingerprint density at radius 3 is 1.01 bits per heavy atom. The molecule has 6 heteroatoms. The molecule has 2 aliphatic heterocycles. The van der Waals surface area contributed by atoms with Crippen molar-refractivity contribution in [2.24, 2.45) is 0 Å². The molecule has 0 amide bonds. The van der Waals surface area contributed by atoms with Crippen LogP contribution in [0.5, 0.6) is 0 Å². The van der Waals surface area contributed by atoms with Gasteiger partial charge in [0.1, 0.15) is 0 Å². The molecule has 4 nitrogen and oxygen atoms in total. The highest BCUT2D eigenvalue weighted by Gasteiger charge is 2.54. The van der Waals surface area contributed by atoms with Crippen LogP contribution in [-0.4, -0.2) is 9.13 Å². The van der Waals surface area contributed by atoms with Gasteiger partial charge in [0.05, 0.1) is 67.0 Å². The van der Waals surface area contributed by atoms with Crippen molar-refractivity contribution in [3.8, 4) is 100 Å². The molecule has 0 saturated heterocycles. The summed E-state index contributed by atoms with van der Waals surface area (Å²) in [4.78, 5) is 5.11. The third-order valence-electron chi connectivity index (χ3n) is 32.4. The number of hydrogen-bond donors (Lipinski definition) is 0. The van der Waals surface area contributed by atoms with E-state index in [1.54, 1.807) is 0 Å². The quantitative estimate of drug-likeness (QED) is 0.121. The van der Waals surface area contributed by atoms with Crippen molar-refractivity contribution in [3.63, 3.8) is 0 Å². The number of nitrogens with zero attached hydrogens (tertiary/aromatic N) is 4. The van der Waals surface area contributed by atoms with Gasteiger partial charge in [-0.15, -0.1) is 22.7 Å². The van der Waals surface area contributed by atoms with Crippen molar-refractivity contribution in [3.05, 3.63) is 578 Å². The fraction of sp³-hybridized carbons (Fsp3) is 0.0141. The predicted molar refractivity (Wildman–Crippen MR) is 626 cm³/mol. The molecule has 6 heterocycles. The highest BCUT2D eigenvalue weighted by Crippen LogP contribution is 2.67. The number of anilines is 6. The van der Waals surface area contributed by atoms with Crippen LogP contribution in [0.25, 0.3) is 206 Å². The summed E-state index contributed by atoms with van der Waals surface area (Å²) in [5.41, 5.74) is 42.7. The van der Waals surface area contributed by atoms with Gasteiger partial charge in [-0.3, -0.25) is 0 Å². The zero-order valence-corrected chi connectivity index (χ0v) is 82.0. The molecule has 0 bridgehead atoms. The average Bonchev–Trinajstić information content (AvgIpc) is 1.49. The van der Waals surface area contributed by atoms with Crippen molar-refractivity contribution in [2.45, 2.75) is 10.8 Å². The first kappa shape index (κ1) is 84.0. The maximum atomic E-state index is 2.56. The lowest BCUT2D eigenvalue weighted by atomic mass is 9.65. The second kappa shape index (κ2) is 33.0. The maximum absolute atomic E-state index is 2.56. The van der Waals surface area contributed by atoms with E-state index in [9.17, 15) is 0 Å². The monoisotopic (exact) mass is 1910 g/mol. The zero-order chi connectivity index (χ0) is 97.0. The highest BCUT2D eigenvalue weighted by molar-refractivity contribution is 7.26. The van der Waals surface area contributed by atoms with E-state index in [2.05, 4.69) is 553 Å². The van der Waals surface area contributed by atoms with Gasteiger partial charge in [-0.1, -0.05) is 437 Å². The van der Waals surface area contributed by atoms with Crippen LogP contribution in [0.15, 0.2) is 534 Å². The van der Waals surface area contributed by atoms with Gasteiger partial charge in [-0.25, -0.2) is 0 Å². The third kappa shape index (κ3) is 12.1. The molecule has 4 aromatic heterocycles. The molecular formula is C142H88N4S2. The largest absolute Gasteiger partial charge is 0.309 e. The first-order valence-electron chi connectivity index (χ1n) is 51.2. The predicted octanol–water partition coefficient (Wildman–Crippen LogP) is 38.9. The Labute approximate surface area is 864 Å². The molecule has 24 aromatic carbocycles. The summed E-state index contributed by atoms with van der Waals surface area (Å²) in [5.74, 6) is 0. The molecule has 0 N–H and O–H groups in total. The van der Waals surface area contributed by atoms with Crippen LogP contribution < -0.4 is 9.80 Å². The molecule has 0 radical (unpaired) electrons. The Balaban J connectivity index is 0.000000134. The summed E-state index contributed by atoms with van der Waals surface area (Å²) < 4.78 is 10.3. The standard InChI is InChI=1S/2C71H44N2S/c1-2-21-48-45(19-1)20-15-29-50(48)51-22-3-4-23-52(51)53-24-6-11-36-63(53)72(47-43-41-46(42-44-47)49-28-16-31-57-55-26-8-14-40-67(55)74-70(49)57)66-39-18-34-61-68(66)58-27-5-9-32-59(58)71(61)60-33-10-13-38-65(60)73-64-37-12-7-25-54(64)56-30-17-35-62(71)69(56)73;1-2-20-49-46(18-1)19-15-27-50(49)51-21-3-4-22-52(51)53-23-6-11-33-63(53)72(48-41-38-45(39-42-48)47-40-43-68-58(44-47)55-25-8-14-37-67(55)74-68)66-36-17-31-61-69(66)57-26-5-9-29-59(57)71(61)60-30-10-13-35-65(60)73-64-34-12-7-24-54(64)56-28-16-32-62(71)70(56)73/h2*1-44H. The van der Waals surface area contributed by atoms with Crippen molar-refractivity contribution < 1.29 is 0 Å². The Bertz CT molecular complexity index is 10400.